The summed E-state index contributed by atoms with van der Waals surface area (Å²) < 4.78 is 0. The number of halogens is 1. The molecule has 1 atom stereocenters. The van der Waals surface area contributed by atoms with Crippen LogP contribution in [0.25, 0.3) is 11.0 Å². The van der Waals surface area contributed by atoms with Crippen LogP contribution in [0.1, 0.15) is 18.5 Å². The van der Waals surface area contributed by atoms with Crippen molar-refractivity contribution in [2.45, 2.75) is 13.0 Å². The first-order valence-corrected chi connectivity index (χ1v) is 6.90. The van der Waals surface area contributed by atoms with Crippen molar-refractivity contribution in [2.75, 3.05) is 5.32 Å². The van der Waals surface area contributed by atoms with Crippen LogP contribution in [0, 0.1) is 5.21 Å². The summed E-state index contributed by atoms with van der Waals surface area (Å²) >= 11 is 5.87. The van der Waals surface area contributed by atoms with Gasteiger partial charge in [-0.3, -0.25) is 0 Å². The maximum absolute atomic E-state index is 11.9. The molecule has 1 N–H and O–H groups in total. The predicted octanol–water partition coefficient (Wildman–Crippen LogP) is 3.09. The number of anilines is 1. The fourth-order valence-electron chi connectivity index (χ4n) is 2.10. The number of aromatic nitrogens is 3. The quantitative estimate of drug-likeness (QED) is 0.596. The Balaban J connectivity index is 1.93. The lowest BCUT2D eigenvalue weighted by Crippen LogP contribution is -2.33. The Hall–Kier alpha value is -2.40. The molecule has 3 aromatic rings. The highest BCUT2D eigenvalue weighted by molar-refractivity contribution is 6.31. The molecule has 2 aromatic carbocycles. The second-order valence-electron chi connectivity index (χ2n) is 4.72. The van der Waals surface area contributed by atoms with E-state index in [9.17, 15) is 5.21 Å². The van der Waals surface area contributed by atoms with Crippen LogP contribution in [0.5, 0.6) is 0 Å². The van der Waals surface area contributed by atoms with Crippen LogP contribution in [0.15, 0.2) is 48.5 Å². The molecule has 106 valence electrons. The smallest absolute Gasteiger partial charge is 0.291 e. The van der Waals surface area contributed by atoms with E-state index < -0.39 is 0 Å². The van der Waals surface area contributed by atoms with Crippen LogP contribution in [0.2, 0.25) is 5.02 Å². The van der Waals surface area contributed by atoms with Gasteiger partial charge in [-0.25, -0.2) is 4.98 Å². The first-order chi connectivity index (χ1) is 10.1. The molecule has 0 unspecified atom stereocenters. The highest BCUT2D eigenvalue weighted by Crippen LogP contribution is 2.18. The van der Waals surface area contributed by atoms with Crippen molar-refractivity contribution < 1.29 is 4.85 Å². The van der Waals surface area contributed by atoms with Crippen molar-refractivity contribution in [1.82, 2.24) is 10.1 Å². The Bertz CT molecular complexity index is 779. The SMILES string of the molecule is C[C@@H](Nc1nc2ccc(Cl)cc2[n+]([O-])n1)c1ccccc1. The molecular formula is C15H13ClN4O. The molecule has 0 aliphatic heterocycles. The van der Waals surface area contributed by atoms with Crippen molar-refractivity contribution >= 4 is 28.6 Å². The first-order valence-electron chi connectivity index (χ1n) is 6.52. The monoisotopic (exact) mass is 300 g/mol. The third kappa shape index (κ3) is 2.87. The Morgan fingerprint density at radius 1 is 1.19 bits per heavy atom. The molecule has 0 saturated heterocycles. The van der Waals surface area contributed by atoms with Crippen LogP contribution in [0.3, 0.4) is 0 Å². The summed E-state index contributed by atoms with van der Waals surface area (Å²) in [5, 5.41) is 19.4. The third-order valence-electron chi connectivity index (χ3n) is 3.20. The summed E-state index contributed by atoms with van der Waals surface area (Å²) in [5.41, 5.74) is 1.99. The zero-order chi connectivity index (χ0) is 14.8. The Labute approximate surface area is 126 Å². The molecule has 5 nitrogen and oxygen atoms in total. The van der Waals surface area contributed by atoms with Gasteiger partial charge >= 0.3 is 0 Å². The molecule has 1 heterocycles. The van der Waals surface area contributed by atoms with Crippen molar-refractivity contribution in [3.8, 4) is 0 Å². The summed E-state index contributed by atoms with van der Waals surface area (Å²) in [6, 6.07) is 14.8. The van der Waals surface area contributed by atoms with Gasteiger partial charge in [-0.2, -0.15) is 0 Å². The van der Waals surface area contributed by atoms with Gasteiger partial charge in [-0.1, -0.05) is 41.9 Å². The Morgan fingerprint density at radius 2 is 1.95 bits per heavy atom. The molecule has 0 radical (unpaired) electrons. The van der Waals surface area contributed by atoms with Gasteiger partial charge in [0, 0.05) is 11.1 Å². The summed E-state index contributed by atoms with van der Waals surface area (Å²) in [6.45, 7) is 1.99. The van der Waals surface area contributed by atoms with E-state index in [4.69, 9.17) is 11.6 Å². The van der Waals surface area contributed by atoms with Crippen molar-refractivity contribution in [2.24, 2.45) is 0 Å². The molecular weight excluding hydrogens is 288 g/mol. The largest absolute Gasteiger partial charge is 0.594 e. The highest BCUT2D eigenvalue weighted by Gasteiger charge is 2.13. The average Bonchev–Trinajstić information content (AvgIpc) is 2.49. The van der Waals surface area contributed by atoms with Crippen LogP contribution < -0.4 is 10.2 Å². The van der Waals surface area contributed by atoms with Gasteiger partial charge in [-0.05, 0) is 29.5 Å². The molecule has 0 spiro atoms. The fraction of sp³-hybridized carbons (Fsp3) is 0.133. The van der Waals surface area contributed by atoms with E-state index in [-0.39, 0.29) is 12.0 Å². The lowest BCUT2D eigenvalue weighted by molar-refractivity contribution is -0.641. The minimum atomic E-state index is -0.00375. The molecule has 0 fully saturated rings. The second-order valence-corrected chi connectivity index (χ2v) is 5.15. The molecule has 6 heteroatoms. The van der Waals surface area contributed by atoms with E-state index in [1.54, 1.807) is 18.2 Å². The molecule has 3 rings (SSSR count). The van der Waals surface area contributed by atoms with E-state index in [0.29, 0.717) is 20.9 Å². The number of benzene rings is 2. The standard InChI is InChI=1S/C15H13ClN4O/c1-10(11-5-3-2-4-6-11)17-15-18-13-8-7-12(16)9-14(13)20(21)19-15/h2-10H,1H3,(H,17,18,19)/t10-/m1/s1. The normalized spacial score (nSPS) is 12.3. The van der Waals surface area contributed by atoms with Crippen LogP contribution in [-0.2, 0) is 0 Å². The van der Waals surface area contributed by atoms with Crippen molar-refractivity contribution in [3.63, 3.8) is 0 Å². The van der Waals surface area contributed by atoms with Gasteiger partial charge in [0.25, 0.3) is 11.5 Å². The second kappa shape index (κ2) is 5.54. The van der Waals surface area contributed by atoms with Gasteiger partial charge in [-0.15, -0.1) is 0 Å². The molecule has 0 saturated carbocycles. The van der Waals surface area contributed by atoms with Crippen LogP contribution >= 0.6 is 11.6 Å². The summed E-state index contributed by atoms with van der Waals surface area (Å²) in [4.78, 5) is 4.88. The number of rotatable bonds is 3. The number of fused-ring (bicyclic) bond motifs is 1. The van der Waals surface area contributed by atoms with Crippen molar-refractivity contribution in [3.05, 3.63) is 64.3 Å². The predicted molar refractivity (Wildman–Crippen MR) is 82.0 cm³/mol. The van der Waals surface area contributed by atoms with E-state index in [1.165, 1.54) is 0 Å². The van der Waals surface area contributed by atoms with Gasteiger partial charge in [0.2, 0.25) is 0 Å². The van der Waals surface area contributed by atoms with Crippen LogP contribution in [0.4, 0.5) is 5.95 Å². The van der Waals surface area contributed by atoms with Gasteiger partial charge < -0.3 is 10.5 Å². The number of hydrogen-bond acceptors (Lipinski definition) is 4. The summed E-state index contributed by atoms with van der Waals surface area (Å²) in [7, 11) is 0. The molecule has 1 aromatic heterocycles. The van der Waals surface area contributed by atoms with Gasteiger partial charge in [0.1, 0.15) is 5.52 Å². The molecule has 0 amide bonds. The van der Waals surface area contributed by atoms with E-state index in [1.807, 2.05) is 37.3 Å². The van der Waals surface area contributed by atoms with Crippen molar-refractivity contribution in [1.29, 1.82) is 0 Å². The lowest BCUT2D eigenvalue weighted by atomic mass is 10.1. The fourth-order valence-corrected chi connectivity index (χ4v) is 2.27. The highest BCUT2D eigenvalue weighted by atomic mass is 35.5. The molecule has 0 aliphatic carbocycles. The Kier molecular flexibility index (Phi) is 3.58. The van der Waals surface area contributed by atoms with Gasteiger partial charge in [0.15, 0.2) is 0 Å². The van der Waals surface area contributed by atoms with E-state index in [2.05, 4.69) is 15.4 Å². The molecule has 0 aliphatic rings. The van der Waals surface area contributed by atoms with E-state index >= 15 is 0 Å². The van der Waals surface area contributed by atoms with Crippen LogP contribution in [-0.4, -0.2) is 10.1 Å². The Morgan fingerprint density at radius 3 is 2.71 bits per heavy atom. The third-order valence-corrected chi connectivity index (χ3v) is 3.44. The number of hydrogen-bond donors (Lipinski definition) is 1. The average molecular weight is 301 g/mol. The summed E-state index contributed by atoms with van der Waals surface area (Å²) in [6.07, 6.45) is 0. The summed E-state index contributed by atoms with van der Waals surface area (Å²) in [5.74, 6) is 0.288. The number of nitrogens with one attached hydrogen (secondary N) is 1. The molecule has 0 bridgehead atoms. The zero-order valence-corrected chi connectivity index (χ0v) is 12.1. The van der Waals surface area contributed by atoms with E-state index in [0.717, 1.165) is 5.56 Å². The maximum atomic E-state index is 11.9. The minimum absolute atomic E-state index is 0.00375. The first kappa shape index (κ1) is 13.6. The lowest BCUT2D eigenvalue weighted by Gasteiger charge is -2.13. The minimum Gasteiger partial charge on any atom is -0.594 e. The topological polar surface area (TPSA) is 64.8 Å². The maximum Gasteiger partial charge on any atom is 0.291 e. The molecule has 21 heavy (non-hydrogen) atoms. The number of nitrogens with zero attached hydrogens (tertiary/aromatic N) is 3. The zero-order valence-electron chi connectivity index (χ0n) is 11.3. The van der Waals surface area contributed by atoms with Gasteiger partial charge in [0.05, 0.1) is 11.1 Å².